The van der Waals surface area contributed by atoms with Gasteiger partial charge in [-0.1, -0.05) is 58.2 Å². The van der Waals surface area contributed by atoms with Crippen LogP contribution in [0, 0.1) is 23.7 Å². The zero-order valence-corrected chi connectivity index (χ0v) is 38.0. The van der Waals surface area contributed by atoms with Gasteiger partial charge in [-0.2, -0.15) is 13.2 Å². The van der Waals surface area contributed by atoms with Crippen LogP contribution in [-0.2, 0) is 32.2 Å². The van der Waals surface area contributed by atoms with Crippen molar-refractivity contribution in [3.05, 3.63) is 83.9 Å². The summed E-state index contributed by atoms with van der Waals surface area (Å²) >= 11 is 0. The van der Waals surface area contributed by atoms with Crippen molar-refractivity contribution in [2.24, 2.45) is 23.7 Å². The van der Waals surface area contributed by atoms with Crippen molar-refractivity contribution in [1.29, 1.82) is 0 Å². The van der Waals surface area contributed by atoms with Gasteiger partial charge >= 0.3 is 18.1 Å². The number of piperidine rings is 2. The number of hydrogen-bond acceptors (Lipinski definition) is 9. The van der Waals surface area contributed by atoms with E-state index in [9.17, 15) is 27.9 Å². The second-order valence-electron chi connectivity index (χ2n) is 18.4. The Kier molecular flexibility index (Phi) is 21.5. The number of fused-ring (bicyclic) bond motifs is 2. The molecule has 2 aliphatic heterocycles. The number of phenolic OH excluding ortho intramolecular Hbond substituents is 1. The Hall–Kier alpha value is -4.39. The SMILES string of the molecule is C.C.CC1CCC(O)CC1.CCOC(=O)C1CCN(Cc2ccc3cc(O)ccc3c2)CC1.CCOC(=O)C1CCN(Cc2ccc3cc(OC4CCC(C(F)(F)F)CC4)ccc3c2)CC1. The molecule has 9 nitrogen and oxygen atoms in total. The number of rotatable bonds is 10. The molecule has 0 spiro atoms. The highest BCUT2D eigenvalue weighted by Gasteiger charge is 2.41. The summed E-state index contributed by atoms with van der Waals surface area (Å²) in [7, 11) is 0. The molecule has 4 fully saturated rings. The predicted molar refractivity (Wildman–Crippen MR) is 258 cm³/mol. The monoisotopic (exact) mass is 923 g/mol. The topological polar surface area (TPSA) is 109 Å². The van der Waals surface area contributed by atoms with E-state index >= 15 is 0 Å². The number of hydrogen-bond donors (Lipinski definition) is 2. The minimum atomic E-state index is -4.09. The van der Waals surface area contributed by atoms with Gasteiger partial charge in [0.1, 0.15) is 11.5 Å². The maximum atomic E-state index is 12.9. The third kappa shape index (κ3) is 16.4. The van der Waals surface area contributed by atoms with Gasteiger partial charge in [0.2, 0.25) is 0 Å². The average molecular weight is 923 g/mol. The number of phenols is 1. The summed E-state index contributed by atoms with van der Waals surface area (Å²) in [6, 6.07) is 24.0. The minimum Gasteiger partial charge on any atom is -0.508 e. The molecule has 12 heteroatoms. The van der Waals surface area contributed by atoms with Crippen LogP contribution >= 0.6 is 0 Å². The molecule has 2 saturated carbocycles. The van der Waals surface area contributed by atoms with Crippen molar-refractivity contribution in [3.8, 4) is 11.5 Å². The lowest BCUT2D eigenvalue weighted by Gasteiger charge is -2.31. The van der Waals surface area contributed by atoms with Crippen molar-refractivity contribution in [2.45, 2.75) is 144 Å². The van der Waals surface area contributed by atoms with Crippen LogP contribution < -0.4 is 4.74 Å². The van der Waals surface area contributed by atoms with Crippen LogP contribution in [0.5, 0.6) is 11.5 Å². The normalized spacial score (nSPS) is 22.0. The number of carbonyl (C=O) groups is 2. The van der Waals surface area contributed by atoms with E-state index in [2.05, 4.69) is 53.1 Å². The number of carbonyl (C=O) groups excluding carboxylic acids is 2. The van der Waals surface area contributed by atoms with Crippen LogP contribution in [0.2, 0.25) is 0 Å². The quantitative estimate of drug-likeness (QED) is 0.150. The van der Waals surface area contributed by atoms with Gasteiger partial charge in [-0.15, -0.1) is 0 Å². The number of nitrogens with zero attached hydrogens (tertiary/aromatic N) is 2. The number of esters is 2. The molecule has 2 saturated heterocycles. The third-order valence-electron chi connectivity index (χ3n) is 13.4. The smallest absolute Gasteiger partial charge is 0.391 e. The van der Waals surface area contributed by atoms with E-state index in [-0.39, 0.29) is 63.7 Å². The van der Waals surface area contributed by atoms with Gasteiger partial charge in [-0.25, -0.2) is 0 Å². The molecule has 2 heterocycles. The summed E-state index contributed by atoms with van der Waals surface area (Å²) in [6.45, 7) is 12.2. The molecule has 366 valence electrons. The Balaban J connectivity index is 0.000000250. The first kappa shape index (κ1) is 54.2. The van der Waals surface area contributed by atoms with Gasteiger partial charge in [0.25, 0.3) is 0 Å². The third-order valence-corrected chi connectivity index (χ3v) is 13.4. The van der Waals surface area contributed by atoms with Crippen LogP contribution in [0.4, 0.5) is 13.2 Å². The highest BCUT2D eigenvalue weighted by atomic mass is 19.4. The average Bonchev–Trinajstić information content (AvgIpc) is 3.28. The lowest BCUT2D eigenvalue weighted by atomic mass is 9.87. The van der Waals surface area contributed by atoms with Gasteiger partial charge < -0.3 is 24.4 Å². The first-order valence-corrected chi connectivity index (χ1v) is 23.7. The van der Waals surface area contributed by atoms with Crippen molar-refractivity contribution in [1.82, 2.24) is 9.80 Å². The van der Waals surface area contributed by atoms with Gasteiger partial charge in [-0.05, 0) is 192 Å². The van der Waals surface area contributed by atoms with E-state index in [0.29, 0.717) is 37.6 Å². The highest BCUT2D eigenvalue weighted by Crippen LogP contribution is 2.39. The van der Waals surface area contributed by atoms with E-state index in [0.717, 1.165) is 105 Å². The molecule has 0 unspecified atom stereocenters. The molecular formula is C54H77F3N2O7. The number of alkyl halides is 3. The molecule has 2 aliphatic carbocycles. The van der Waals surface area contributed by atoms with Gasteiger partial charge in [-0.3, -0.25) is 19.4 Å². The Labute approximate surface area is 392 Å². The number of aliphatic hydroxyl groups is 1. The number of ether oxygens (including phenoxy) is 3. The molecule has 66 heavy (non-hydrogen) atoms. The molecule has 4 aliphatic rings. The number of aromatic hydroxyl groups is 1. The van der Waals surface area contributed by atoms with Crippen molar-refractivity contribution >= 4 is 33.5 Å². The fourth-order valence-electron chi connectivity index (χ4n) is 9.46. The summed E-state index contributed by atoms with van der Waals surface area (Å²) in [5, 5.41) is 22.9. The Morgan fingerprint density at radius 1 is 0.606 bits per heavy atom. The molecule has 0 aromatic heterocycles. The standard InChI is InChI=1S/C26H32F3NO3.C19H23NO3.C7H14O.2CH4/c1-2-32-25(31)19-11-13-30(14-12-19)17-18-3-4-21-16-24(8-5-20(21)15-18)33-23-9-6-22(7-10-23)26(27,28)29;1-2-23-19(22)15-7-9-20(10-8-15)13-14-3-4-17-12-18(21)6-5-16(17)11-14;1-6-2-4-7(8)5-3-6;;/h3-5,8,15-16,19,22-23H,2,6-7,9-14,17H2,1H3;3-6,11-12,15,21H,2,7-10,13H2,1H3;6-8H,2-5H2,1H3;2*1H4. The molecule has 4 aromatic carbocycles. The zero-order valence-electron chi connectivity index (χ0n) is 38.0. The number of halogens is 3. The van der Waals surface area contributed by atoms with Gasteiger partial charge in [0.05, 0.1) is 43.2 Å². The number of aliphatic hydroxyl groups excluding tert-OH is 1. The predicted octanol–water partition coefficient (Wildman–Crippen LogP) is 12.3. The van der Waals surface area contributed by atoms with E-state index in [1.807, 2.05) is 38.1 Å². The number of benzene rings is 4. The maximum Gasteiger partial charge on any atom is 0.391 e. The molecule has 0 amide bonds. The second-order valence-corrected chi connectivity index (χ2v) is 18.4. The summed E-state index contributed by atoms with van der Waals surface area (Å²) in [5.74, 6) is 0.636. The van der Waals surface area contributed by atoms with E-state index in [1.54, 1.807) is 12.1 Å². The lowest BCUT2D eigenvalue weighted by Crippen LogP contribution is -2.36. The van der Waals surface area contributed by atoms with Crippen molar-refractivity contribution in [2.75, 3.05) is 39.4 Å². The van der Waals surface area contributed by atoms with Crippen LogP contribution in [0.3, 0.4) is 0 Å². The van der Waals surface area contributed by atoms with E-state index in [1.165, 1.54) is 24.0 Å². The summed E-state index contributed by atoms with van der Waals surface area (Å²) < 4.78 is 54.9. The first-order valence-electron chi connectivity index (χ1n) is 23.7. The molecule has 8 rings (SSSR count). The Bertz CT molecular complexity index is 2070. The van der Waals surface area contributed by atoms with Gasteiger partial charge in [0, 0.05) is 13.1 Å². The molecule has 4 aromatic rings. The lowest BCUT2D eigenvalue weighted by molar-refractivity contribution is -0.185. The Morgan fingerprint density at radius 2 is 1.05 bits per heavy atom. The Morgan fingerprint density at radius 3 is 1.50 bits per heavy atom. The van der Waals surface area contributed by atoms with Crippen LogP contribution in [-0.4, -0.2) is 89.7 Å². The summed E-state index contributed by atoms with van der Waals surface area (Å²) in [4.78, 5) is 28.4. The largest absolute Gasteiger partial charge is 0.508 e. The van der Waals surface area contributed by atoms with Crippen LogP contribution in [0.25, 0.3) is 21.5 Å². The van der Waals surface area contributed by atoms with Crippen molar-refractivity contribution < 1.29 is 47.2 Å². The molecule has 2 N–H and O–H groups in total. The van der Waals surface area contributed by atoms with E-state index < -0.39 is 12.1 Å². The fourth-order valence-corrected chi connectivity index (χ4v) is 9.46. The molecule has 0 atom stereocenters. The maximum absolute atomic E-state index is 12.9. The molecular weight excluding hydrogens is 846 g/mol. The molecule has 0 bridgehead atoms. The van der Waals surface area contributed by atoms with E-state index in [4.69, 9.17) is 19.3 Å². The summed E-state index contributed by atoms with van der Waals surface area (Å²) in [6.07, 6.45) is 4.85. The minimum absolute atomic E-state index is 0. The zero-order chi connectivity index (χ0) is 45.6. The second kappa shape index (κ2) is 26.2. The van der Waals surface area contributed by atoms with Crippen molar-refractivity contribution in [3.63, 3.8) is 0 Å². The number of likely N-dealkylation sites (tertiary alicyclic amines) is 2. The summed E-state index contributed by atoms with van der Waals surface area (Å²) in [5.41, 5.74) is 2.48. The van der Waals surface area contributed by atoms with Gasteiger partial charge in [0.15, 0.2) is 0 Å². The van der Waals surface area contributed by atoms with Crippen LogP contribution in [0.15, 0.2) is 72.8 Å². The first-order chi connectivity index (χ1) is 30.8. The highest BCUT2D eigenvalue weighted by molar-refractivity contribution is 5.85. The molecule has 0 radical (unpaired) electrons. The van der Waals surface area contributed by atoms with Crippen LogP contribution in [0.1, 0.15) is 124 Å². The fraction of sp³-hybridized carbons (Fsp3) is 0.593.